The lowest BCUT2D eigenvalue weighted by molar-refractivity contribution is -0.148. The van der Waals surface area contributed by atoms with Crippen LogP contribution in [0.15, 0.2) is 0 Å². The van der Waals surface area contributed by atoms with Crippen LogP contribution in [0.4, 0.5) is 0 Å². The van der Waals surface area contributed by atoms with Crippen molar-refractivity contribution in [2.75, 3.05) is 19.6 Å². The lowest BCUT2D eigenvalue weighted by atomic mass is 10.3. The highest BCUT2D eigenvalue weighted by Gasteiger charge is 2.30. The van der Waals surface area contributed by atoms with E-state index in [0.29, 0.717) is 6.54 Å². The van der Waals surface area contributed by atoms with Crippen LogP contribution in [0.25, 0.3) is 0 Å². The summed E-state index contributed by atoms with van der Waals surface area (Å²) >= 11 is 0. The molecule has 0 aliphatic heterocycles. The number of ether oxygens (including phenoxy) is 1. The second-order valence-electron chi connectivity index (χ2n) is 5.62. The van der Waals surface area contributed by atoms with E-state index in [4.69, 9.17) is 4.74 Å². The Hall–Kier alpha value is -0.570. The molecular weight excluding hydrogens is 202 g/mol. The average molecular weight is 225 g/mol. The fourth-order valence-corrected chi connectivity index (χ4v) is 2.02. The Kier molecular flexibility index (Phi) is 3.85. The molecule has 2 rings (SSSR count). The number of carbonyl (C=O) groups excluding carboxylic acids is 1. The Labute approximate surface area is 98.1 Å². The van der Waals surface area contributed by atoms with Gasteiger partial charge in [-0.15, -0.1) is 0 Å². The topological polar surface area (TPSA) is 29.5 Å². The van der Waals surface area contributed by atoms with Crippen LogP contribution in [-0.4, -0.2) is 36.6 Å². The smallest absolute Gasteiger partial charge is 0.320 e. The highest BCUT2D eigenvalue weighted by molar-refractivity contribution is 5.71. The quantitative estimate of drug-likeness (QED) is 0.621. The van der Waals surface area contributed by atoms with Crippen molar-refractivity contribution >= 4 is 5.97 Å². The maximum atomic E-state index is 11.6. The van der Waals surface area contributed by atoms with E-state index in [1.807, 2.05) is 13.8 Å². The molecule has 0 aromatic heterocycles. The maximum absolute atomic E-state index is 11.6. The summed E-state index contributed by atoms with van der Waals surface area (Å²) in [6.07, 6.45) is 5.40. The molecule has 0 N–H and O–H groups in total. The zero-order chi connectivity index (χ0) is 11.5. The molecule has 0 amide bonds. The van der Waals surface area contributed by atoms with Gasteiger partial charge in [-0.05, 0) is 51.4 Å². The normalized spacial score (nSPS) is 20.5. The summed E-state index contributed by atoms with van der Waals surface area (Å²) in [5, 5.41) is 0. The zero-order valence-corrected chi connectivity index (χ0v) is 10.4. The van der Waals surface area contributed by atoms with Crippen molar-refractivity contribution in [2.24, 2.45) is 11.8 Å². The molecule has 0 unspecified atom stereocenters. The lowest BCUT2D eigenvalue weighted by Gasteiger charge is -2.21. The van der Waals surface area contributed by atoms with E-state index in [9.17, 15) is 4.79 Å². The molecule has 0 heterocycles. The number of hydrogen-bond donors (Lipinski definition) is 0. The summed E-state index contributed by atoms with van der Waals surface area (Å²) in [6, 6.07) is 0. The first-order valence-electron chi connectivity index (χ1n) is 6.55. The summed E-state index contributed by atoms with van der Waals surface area (Å²) in [5.41, 5.74) is 0. The van der Waals surface area contributed by atoms with E-state index in [2.05, 4.69) is 4.90 Å². The van der Waals surface area contributed by atoms with Gasteiger partial charge in [0.1, 0.15) is 0 Å². The molecule has 16 heavy (non-hydrogen) atoms. The third-order valence-corrected chi connectivity index (χ3v) is 3.15. The Balaban J connectivity index is 1.72. The molecule has 0 saturated heterocycles. The third kappa shape index (κ3) is 4.52. The van der Waals surface area contributed by atoms with Gasteiger partial charge in [-0.2, -0.15) is 0 Å². The third-order valence-electron chi connectivity index (χ3n) is 3.15. The fraction of sp³-hybridized carbons (Fsp3) is 0.923. The molecule has 2 saturated carbocycles. The number of hydrogen-bond acceptors (Lipinski definition) is 3. The Morgan fingerprint density at radius 3 is 2.06 bits per heavy atom. The largest absolute Gasteiger partial charge is 0.462 e. The van der Waals surface area contributed by atoms with Gasteiger partial charge in [-0.25, -0.2) is 0 Å². The molecule has 3 heteroatoms. The van der Waals surface area contributed by atoms with E-state index in [0.717, 1.165) is 24.9 Å². The first kappa shape index (κ1) is 11.9. The van der Waals surface area contributed by atoms with Crippen LogP contribution >= 0.6 is 0 Å². The van der Waals surface area contributed by atoms with Crippen LogP contribution in [0.2, 0.25) is 0 Å². The fourth-order valence-electron chi connectivity index (χ4n) is 2.02. The van der Waals surface area contributed by atoms with E-state index >= 15 is 0 Å². The molecular formula is C13H23NO2. The van der Waals surface area contributed by atoms with Crippen molar-refractivity contribution < 1.29 is 9.53 Å². The van der Waals surface area contributed by atoms with Crippen molar-refractivity contribution in [3.63, 3.8) is 0 Å². The molecule has 2 aliphatic rings. The van der Waals surface area contributed by atoms with Gasteiger partial charge in [0.05, 0.1) is 12.6 Å². The summed E-state index contributed by atoms with van der Waals surface area (Å²) < 4.78 is 5.20. The van der Waals surface area contributed by atoms with Gasteiger partial charge < -0.3 is 4.74 Å². The average Bonchev–Trinajstić information content (AvgIpc) is 2.97. The molecule has 0 aromatic carbocycles. The second kappa shape index (κ2) is 5.17. The lowest BCUT2D eigenvalue weighted by Crippen LogP contribution is -2.35. The van der Waals surface area contributed by atoms with Gasteiger partial charge in [-0.3, -0.25) is 9.69 Å². The minimum absolute atomic E-state index is 0.0104. The molecule has 0 aromatic rings. The molecule has 92 valence electrons. The molecule has 0 bridgehead atoms. The minimum atomic E-state index is -0.0590. The highest BCUT2D eigenvalue weighted by atomic mass is 16.5. The van der Waals surface area contributed by atoms with E-state index in [1.165, 1.54) is 25.7 Å². The van der Waals surface area contributed by atoms with E-state index < -0.39 is 0 Å². The molecule has 0 spiro atoms. The van der Waals surface area contributed by atoms with Crippen molar-refractivity contribution in [1.29, 1.82) is 0 Å². The van der Waals surface area contributed by atoms with Crippen LogP contribution in [0, 0.1) is 11.8 Å². The molecule has 2 aliphatic carbocycles. The van der Waals surface area contributed by atoms with Crippen LogP contribution in [-0.2, 0) is 9.53 Å². The SMILES string of the molecule is CC(C)OC(=O)CN(CC1CC1)CC1CC1. The highest BCUT2D eigenvalue weighted by Crippen LogP contribution is 2.33. The Morgan fingerprint density at radius 2 is 1.69 bits per heavy atom. The van der Waals surface area contributed by atoms with Crippen LogP contribution in [0.1, 0.15) is 39.5 Å². The zero-order valence-electron chi connectivity index (χ0n) is 10.4. The number of nitrogens with zero attached hydrogens (tertiary/aromatic N) is 1. The van der Waals surface area contributed by atoms with Crippen LogP contribution in [0.5, 0.6) is 0 Å². The Morgan fingerprint density at radius 1 is 1.19 bits per heavy atom. The summed E-state index contributed by atoms with van der Waals surface area (Å²) in [7, 11) is 0. The van der Waals surface area contributed by atoms with Gasteiger partial charge in [-0.1, -0.05) is 0 Å². The van der Waals surface area contributed by atoms with Gasteiger partial charge in [0, 0.05) is 13.1 Å². The monoisotopic (exact) mass is 225 g/mol. The van der Waals surface area contributed by atoms with E-state index in [1.54, 1.807) is 0 Å². The molecule has 2 fully saturated rings. The standard InChI is InChI=1S/C13H23NO2/c1-10(2)16-13(15)9-14(7-11-3-4-11)8-12-5-6-12/h10-12H,3-9H2,1-2H3. The first-order valence-corrected chi connectivity index (χ1v) is 6.55. The van der Waals surface area contributed by atoms with Crippen molar-refractivity contribution in [3.8, 4) is 0 Å². The number of rotatable bonds is 7. The van der Waals surface area contributed by atoms with Crippen molar-refractivity contribution in [2.45, 2.75) is 45.6 Å². The van der Waals surface area contributed by atoms with Gasteiger partial charge in [0.25, 0.3) is 0 Å². The molecule has 3 nitrogen and oxygen atoms in total. The maximum Gasteiger partial charge on any atom is 0.320 e. The summed E-state index contributed by atoms with van der Waals surface area (Å²) in [5.74, 6) is 1.65. The predicted molar refractivity (Wildman–Crippen MR) is 63.1 cm³/mol. The number of esters is 1. The molecule has 0 atom stereocenters. The predicted octanol–water partition coefficient (Wildman–Crippen LogP) is 2.06. The van der Waals surface area contributed by atoms with Crippen LogP contribution in [0.3, 0.4) is 0 Å². The van der Waals surface area contributed by atoms with Gasteiger partial charge in [0.15, 0.2) is 0 Å². The van der Waals surface area contributed by atoms with Gasteiger partial charge >= 0.3 is 5.97 Å². The molecule has 0 radical (unpaired) electrons. The van der Waals surface area contributed by atoms with Crippen molar-refractivity contribution in [1.82, 2.24) is 4.90 Å². The number of carbonyl (C=O) groups is 1. The minimum Gasteiger partial charge on any atom is -0.462 e. The second-order valence-corrected chi connectivity index (χ2v) is 5.62. The van der Waals surface area contributed by atoms with Crippen molar-refractivity contribution in [3.05, 3.63) is 0 Å². The van der Waals surface area contributed by atoms with Gasteiger partial charge in [0.2, 0.25) is 0 Å². The summed E-state index contributed by atoms with van der Waals surface area (Å²) in [4.78, 5) is 13.9. The first-order chi connectivity index (χ1) is 7.63. The van der Waals surface area contributed by atoms with E-state index in [-0.39, 0.29) is 12.1 Å². The van der Waals surface area contributed by atoms with Crippen LogP contribution < -0.4 is 0 Å². The summed E-state index contributed by atoms with van der Waals surface area (Å²) in [6.45, 7) is 6.51. The Bertz CT molecular complexity index is 230.